The number of rotatable bonds is 5. The summed E-state index contributed by atoms with van der Waals surface area (Å²) in [4.78, 5) is 24.6. The van der Waals surface area contributed by atoms with E-state index < -0.39 is 9.84 Å². The van der Waals surface area contributed by atoms with Crippen molar-refractivity contribution in [3.63, 3.8) is 0 Å². The predicted octanol–water partition coefficient (Wildman–Crippen LogP) is -0.424. The standard InChI is InChI=1S/C16H27N3O4S/c20-14(19-13-5-8-24(22,23)10-13)4-7-18-15(21)16-6-2-1-3-12(16)9-17-11-16/h12-13,17H,1-11H2,(H,18,21)(H,19,20)/t12-,13?,16+/m0/s1. The summed E-state index contributed by atoms with van der Waals surface area (Å²) in [5.41, 5.74) is -0.297. The van der Waals surface area contributed by atoms with Gasteiger partial charge in [0.05, 0.1) is 16.9 Å². The van der Waals surface area contributed by atoms with Crippen molar-refractivity contribution in [1.29, 1.82) is 0 Å². The van der Waals surface area contributed by atoms with E-state index >= 15 is 0 Å². The molecule has 1 saturated carbocycles. The molecule has 3 N–H and O–H groups in total. The molecule has 2 saturated heterocycles. The summed E-state index contributed by atoms with van der Waals surface area (Å²) >= 11 is 0. The molecule has 8 heteroatoms. The minimum absolute atomic E-state index is 0.0293. The maximum atomic E-state index is 12.7. The van der Waals surface area contributed by atoms with E-state index in [2.05, 4.69) is 16.0 Å². The first-order valence-electron chi connectivity index (χ1n) is 8.90. The van der Waals surface area contributed by atoms with E-state index in [-0.39, 0.29) is 41.2 Å². The molecule has 1 unspecified atom stereocenters. The molecule has 0 spiro atoms. The summed E-state index contributed by atoms with van der Waals surface area (Å²) in [5, 5.41) is 9.02. The second kappa shape index (κ2) is 7.00. The molecule has 136 valence electrons. The Morgan fingerprint density at radius 2 is 2.04 bits per heavy atom. The van der Waals surface area contributed by atoms with Crippen molar-refractivity contribution in [3.8, 4) is 0 Å². The van der Waals surface area contributed by atoms with Crippen LogP contribution in [0.4, 0.5) is 0 Å². The van der Waals surface area contributed by atoms with Crippen molar-refractivity contribution in [2.75, 3.05) is 31.1 Å². The molecule has 1 aliphatic carbocycles. The highest BCUT2D eigenvalue weighted by Crippen LogP contribution is 2.43. The topological polar surface area (TPSA) is 104 Å². The van der Waals surface area contributed by atoms with Crippen LogP contribution in [0.2, 0.25) is 0 Å². The van der Waals surface area contributed by atoms with Crippen LogP contribution in [0.1, 0.15) is 38.5 Å². The molecule has 24 heavy (non-hydrogen) atoms. The lowest BCUT2D eigenvalue weighted by atomic mass is 9.67. The molecule has 0 bridgehead atoms. The van der Waals surface area contributed by atoms with Gasteiger partial charge in [0.1, 0.15) is 0 Å². The molecule has 3 fully saturated rings. The van der Waals surface area contributed by atoms with Gasteiger partial charge in [-0.2, -0.15) is 0 Å². The highest BCUT2D eigenvalue weighted by Gasteiger charge is 2.49. The van der Waals surface area contributed by atoms with Gasteiger partial charge in [0, 0.05) is 25.6 Å². The zero-order valence-electron chi connectivity index (χ0n) is 14.0. The van der Waals surface area contributed by atoms with Crippen LogP contribution in [0.25, 0.3) is 0 Å². The number of sulfone groups is 1. The Morgan fingerprint density at radius 3 is 2.79 bits per heavy atom. The Hall–Kier alpha value is -1.15. The molecular formula is C16H27N3O4S. The number of carbonyl (C=O) groups excluding carboxylic acids is 2. The average Bonchev–Trinajstić information content (AvgIpc) is 3.11. The third kappa shape index (κ3) is 3.74. The largest absolute Gasteiger partial charge is 0.355 e. The van der Waals surface area contributed by atoms with E-state index in [9.17, 15) is 18.0 Å². The van der Waals surface area contributed by atoms with E-state index in [4.69, 9.17) is 0 Å². The number of fused-ring (bicyclic) bond motifs is 1. The first kappa shape index (κ1) is 17.7. The molecule has 0 radical (unpaired) electrons. The van der Waals surface area contributed by atoms with Gasteiger partial charge in [0.2, 0.25) is 11.8 Å². The quantitative estimate of drug-likeness (QED) is 0.620. The molecule has 2 amide bonds. The number of amides is 2. The SMILES string of the molecule is O=C(CCNC(=O)[C@@]12CCCC[C@H]1CNC2)NC1CCS(=O)(=O)C1. The molecule has 0 aromatic rings. The zero-order valence-corrected chi connectivity index (χ0v) is 14.8. The Bertz CT molecular complexity index is 606. The Balaban J connectivity index is 1.43. The second-order valence-electron chi connectivity index (χ2n) is 7.40. The van der Waals surface area contributed by atoms with Crippen LogP contribution in [0.3, 0.4) is 0 Å². The highest BCUT2D eigenvalue weighted by molar-refractivity contribution is 7.91. The number of hydrogen-bond acceptors (Lipinski definition) is 5. The third-order valence-corrected chi connectivity index (χ3v) is 7.49. The first-order valence-corrected chi connectivity index (χ1v) is 10.7. The zero-order chi connectivity index (χ0) is 17.2. The Kier molecular flexibility index (Phi) is 5.15. The first-order chi connectivity index (χ1) is 11.4. The summed E-state index contributed by atoms with van der Waals surface area (Å²) in [6.45, 7) is 1.94. The van der Waals surface area contributed by atoms with Gasteiger partial charge in [-0.25, -0.2) is 8.42 Å². The molecular weight excluding hydrogens is 330 g/mol. The normalized spacial score (nSPS) is 34.5. The highest BCUT2D eigenvalue weighted by atomic mass is 32.2. The fourth-order valence-corrected chi connectivity index (χ4v) is 6.04. The molecule has 3 atom stereocenters. The predicted molar refractivity (Wildman–Crippen MR) is 90.1 cm³/mol. The van der Waals surface area contributed by atoms with Crippen LogP contribution in [-0.2, 0) is 19.4 Å². The van der Waals surface area contributed by atoms with Crippen LogP contribution < -0.4 is 16.0 Å². The van der Waals surface area contributed by atoms with Gasteiger partial charge in [-0.1, -0.05) is 12.8 Å². The molecule has 2 aliphatic heterocycles. The molecule has 3 rings (SSSR count). The fraction of sp³-hybridized carbons (Fsp3) is 0.875. The molecule has 7 nitrogen and oxygen atoms in total. The summed E-state index contributed by atoms with van der Waals surface area (Å²) in [5.74, 6) is 0.449. The van der Waals surface area contributed by atoms with Crippen molar-refractivity contribution >= 4 is 21.7 Å². The van der Waals surface area contributed by atoms with Crippen LogP contribution in [0.5, 0.6) is 0 Å². The van der Waals surface area contributed by atoms with Gasteiger partial charge in [-0.15, -0.1) is 0 Å². The van der Waals surface area contributed by atoms with Gasteiger partial charge in [0.25, 0.3) is 0 Å². The van der Waals surface area contributed by atoms with Crippen molar-refractivity contribution in [2.24, 2.45) is 11.3 Å². The van der Waals surface area contributed by atoms with Crippen LogP contribution in [0, 0.1) is 11.3 Å². The fourth-order valence-electron chi connectivity index (χ4n) is 4.36. The summed E-state index contributed by atoms with van der Waals surface area (Å²) in [7, 11) is -2.99. The van der Waals surface area contributed by atoms with Gasteiger partial charge >= 0.3 is 0 Å². The van der Waals surface area contributed by atoms with Crippen LogP contribution >= 0.6 is 0 Å². The molecule has 3 aliphatic rings. The summed E-state index contributed by atoms with van der Waals surface area (Å²) in [6, 6.07) is -0.279. The van der Waals surface area contributed by atoms with E-state index in [1.165, 1.54) is 6.42 Å². The van der Waals surface area contributed by atoms with Gasteiger partial charge in [-0.05, 0) is 31.7 Å². The van der Waals surface area contributed by atoms with Gasteiger partial charge < -0.3 is 16.0 Å². The number of carbonyl (C=O) groups is 2. The van der Waals surface area contributed by atoms with Crippen molar-refractivity contribution < 1.29 is 18.0 Å². The number of hydrogen-bond donors (Lipinski definition) is 3. The lowest BCUT2D eigenvalue weighted by Gasteiger charge is -2.37. The Labute approximate surface area is 143 Å². The lowest BCUT2D eigenvalue weighted by molar-refractivity contribution is -0.134. The molecule has 0 aromatic heterocycles. The minimum atomic E-state index is -2.99. The van der Waals surface area contributed by atoms with Gasteiger partial charge in [-0.3, -0.25) is 9.59 Å². The van der Waals surface area contributed by atoms with Crippen LogP contribution in [-0.4, -0.2) is 57.4 Å². The van der Waals surface area contributed by atoms with Crippen molar-refractivity contribution in [1.82, 2.24) is 16.0 Å². The summed E-state index contributed by atoms with van der Waals surface area (Å²) in [6.07, 6.45) is 4.96. The van der Waals surface area contributed by atoms with Crippen molar-refractivity contribution in [2.45, 2.75) is 44.6 Å². The Morgan fingerprint density at radius 1 is 1.21 bits per heavy atom. The summed E-state index contributed by atoms with van der Waals surface area (Å²) < 4.78 is 22.8. The average molecular weight is 357 g/mol. The van der Waals surface area contributed by atoms with E-state index in [0.717, 1.165) is 32.4 Å². The minimum Gasteiger partial charge on any atom is -0.355 e. The van der Waals surface area contributed by atoms with E-state index in [0.29, 0.717) is 18.9 Å². The van der Waals surface area contributed by atoms with E-state index in [1.807, 2.05) is 0 Å². The smallest absolute Gasteiger partial charge is 0.227 e. The maximum Gasteiger partial charge on any atom is 0.227 e. The molecule has 0 aromatic carbocycles. The van der Waals surface area contributed by atoms with Crippen molar-refractivity contribution in [3.05, 3.63) is 0 Å². The maximum absolute atomic E-state index is 12.7. The second-order valence-corrected chi connectivity index (χ2v) is 9.63. The monoisotopic (exact) mass is 357 g/mol. The van der Waals surface area contributed by atoms with Crippen LogP contribution in [0.15, 0.2) is 0 Å². The third-order valence-electron chi connectivity index (χ3n) is 5.73. The lowest BCUT2D eigenvalue weighted by Crippen LogP contribution is -2.48. The molecule has 2 heterocycles. The number of nitrogens with one attached hydrogen (secondary N) is 3. The van der Waals surface area contributed by atoms with E-state index in [1.54, 1.807) is 0 Å². The van der Waals surface area contributed by atoms with Gasteiger partial charge in [0.15, 0.2) is 9.84 Å².